The van der Waals surface area contributed by atoms with Crippen molar-refractivity contribution in [2.75, 3.05) is 18.8 Å². The summed E-state index contributed by atoms with van der Waals surface area (Å²) >= 11 is 1.43. The number of carbonyl (C=O) groups is 1. The Morgan fingerprint density at radius 1 is 1.04 bits per heavy atom. The van der Waals surface area contributed by atoms with Gasteiger partial charge in [-0.1, -0.05) is 48.8 Å². The van der Waals surface area contributed by atoms with Gasteiger partial charge in [-0.3, -0.25) is 23.9 Å². The second-order valence-electron chi connectivity index (χ2n) is 11.4. The highest BCUT2D eigenvalue weighted by Crippen LogP contribution is 2.43. The molecule has 2 aromatic heterocycles. The minimum Gasteiger partial charge on any atom is -0.359 e. The number of anilines is 1. The number of rotatable bonds is 11. The molecule has 0 bridgehead atoms. The van der Waals surface area contributed by atoms with E-state index < -0.39 is 0 Å². The number of unbranched alkanes of at least 4 members (excludes halogenated alkanes) is 1. The van der Waals surface area contributed by atoms with Gasteiger partial charge in [-0.25, -0.2) is 4.98 Å². The maximum atomic E-state index is 14.0. The highest BCUT2D eigenvalue weighted by atomic mass is 32.2. The van der Waals surface area contributed by atoms with Crippen molar-refractivity contribution in [3.63, 3.8) is 0 Å². The Morgan fingerprint density at radius 2 is 1.82 bits per heavy atom. The average Bonchev–Trinajstić information content (AvgIpc) is 3.35. The van der Waals surface area contributed by atoms with Gasteiger partial charge in [-0.15, -0.1) is 0 Å². The normalized spacial score (nSPS) is 12.2. The Bertz CT molecular complexity index is 1820. The monoisotopic (exact) mass is 629 g/mol. The molecule has 0 radical (unpaired) electrons. The number of hydrogen-bond acceptors (Lipinski definition) is 9. The van der Waals surface area contributed by atoms with E-state index in [1.807, 2.05) is 70.2 Å². The summed E-state index contributed by atoms with van der Waals surface area (Å²) in [6.07, 6.45) is 4.45. The number of fused-ring (bicyclic) bond motifs is 1. The number of aryl methyl sites for hydroxylation is 3. The maximum Gasteiger partial charge on any atom is 0.257 e. The molecule has 1 N–H and O–H groups in total. The molecule has 0 atom stereocenters. The maximum absolute atomic E-state index is 14.0. The van der Waals surface area contributed by atoms with E-state index in [0.717, 1.165) is 51.3 Å². The number of aromatic nitrogens is 3. The minimum absolute atomic E-state index is 0.00164. The Morgan fingerprint density at radius 3 is 2.53 bits per heavy atom. The van der Waals surface area contributed by atoms with Crippen molar-refractivity contribution < 1.29 is 19.1 Å². The molecule has 3 heterocycles. The molecular weight excluding hydrogens is 590 g/mol. The zero-order valence-corrected chi connectivity index (χ0v) is 27.6. The van der Waals surface area contributed by atoms with E-state index in [0.29, 0.717) is 40.8 Å². The van der Waals surface area contributed by atoms with Crippen LogP contribution in [0.25, 0.3) is 17.2 Å². The molecule has 0 aliphatic carbocycles. The molecule has 1 amide bonds. The average molecular weight is 630 g/mol. The predicted octanol–water partition coefficient (Wildman–Crippen LogP) is 6.65. The van der Waals surface area contributed by atoms with Gasteiger partial charge < -0.3 is 14.1 Å². The summed E-state index contributed by atoms with van der Waals surface area (Å²) in [5.41, 5.74) is 5.26. The van der Waals surface area contributed by atoms with Gasteiger partial charge in [0.05, 0.1) is 13.0 Å². The van der Waals surface area contributed by atoms with Gasteiger partial charge in [0.15, 0.2) is 17.3 Å². The van der Waals surface area contributed by atoms with Gasteiger partial charge in [-0.2, -0.15) is 0 Å². The number of allylic oxidation sites excluding steroid dienone is 1. The van der Waals surface area contributed by atoms with E-state index in [4.69, 9.17) is 19.3 Å². The number of hydrogen-bond donors (Lipinski definition) is 1. The van der Waals surface area contributed by atoms with Crippen LogP contribution in [0, 0.1) is 20.8 Å². The topological polar surface area (TPSA) is 112 Å². The van der Waals surface area contributed by atoms with Gasteiger partial charge in [0.25, 0.3) is 5.56 Å². The van der Waals surface area contributed by atoms with Crippen LogP contribution < -0.4 is 15.2 Å². The summed E-state index contributed by atoms with van der Waals surface area (Å²) < 4.78 is 10.3. The summed E-state index contributed by atoms with van der Waals surface area (Å²) in [5.74, 6) is 3.16. The molecule has 0 saturated carbocycles. The van der Waals surface area contributed by atoms with Gasteiger partial charge in [0.1, 0.15) is 11.6 Å². The van der Waals surface area contributed by atoms with Crippen LogP contribution in [0.2, 0.25) is 0 Å². The van der Waals surface area contributed by atoms with Crippen LogP contribution in [0.5, 0.6) is 5.75 Å². The first kappa shape index (κ1) is 31.9. The summed E-state index contributed by atoms with van der Waals surface area (Å²) in [6, 6.07) is 12.0. The van der Waals surface area contributed by atoms with Gasteiger partial charge in [0, 0.05) is 58.9 Å². The van der Waals surface area contributed by atoms with Crippen LogP contribution in [0.3, 0.4) is 0 Å². The highest BCUT2D eigenvalue weighted by Gasteiger charge is 2.24. The first-order valence-electron chi connectivity index (χ1n) is 15.0. The summed E-state index contributed by atoms with van der Waals surface area (Å²) in [4.78, 5) is 45.3. The number of nitrogens with one attached hydrogen (secondary N) is 1. The largest absolute Gasteiger partial charge is 0.359 e. The Labute approximate surface area is 267 Å². The number of nitrogens with zero attached hydrogens (tertiary/aromatic N) is 4. The second-order valence-corrected chi connectivity index (χ2v) is 12.2. The number of likely N-dealkylation sites (N-methyl/N-ethyl adjacent to an activating group) is 1. The molecule has 1 aliphatic heterocycles. The molecule has 45 heavy (non-hydrogen) atoms. The van der Waals surface area contributed by atoms with E-state index in [2.05, 4.69) is 16.8 Å². The molecule has 0 fully saturated rings. The number of benzene rings is 2. The van der Waals surface area contributed by atoms with Crippen LogP contribution >= 0.6 is 11.9 Å². The molecule has 5 rings (SSSR count). The Balaban J connectivity index is 1.57. The summed E-state index contributed by atoms with van der Waals surface area (Å²) in [6.45, 7) is 9.85. The number of carbonyl (C=O) groups excluding carboxylic acids is 1. The molecule has 1 aliphatic rings. The fourth-order valence-electron chi connectivity index (χ4n) is 5.10. The lowest BCUT2D eigenvalue weighted by Gasteiger charge is -2.23. The molecule has 11 heteroatoms. The zero-order valence-electron chi connectivity index (χ0n) is 26.8. The van der Waals surface area contributed by atoms with Crippen LogP contribution in [-0.2, 0) is 29.1 Å². The van der Waals surface area contributed by atoms with Crippen LogP contribution in [0.15, 0.2) is 56.4 Å². The molecule has 236 valence electrons. The van der Waals surface area contributed by atoms with E-state index in [-0.39, 0.29) is 24.4 Å². The van der Waals surface area contributed by atoms with Gasteiger partial charge in [0.2, 0.25) is 5.91 Å². The Hall–Kier alpha value is -4.51. The van der Waals surface area contributed by atoms with Crippen molar-refractivity contribution in [2.45, 2.75) is 71.7 Å². The van der Waals surface area contributed by atoms with E-state index in [1.54, 1.807) is 18.7 Å². The van der Waals surface area contributed by atoms with E-state index >= 15 is 0 Å². The van der Waals surface area contributed by atoms with Gasteiger partial charge in [-0.05, 0) is 63.8 Å². The van der Waals surface area contributed by atoms with Crippen LogP contribution in [0.1, 0.15) is 66.2 Å². The third-order valence-corrected chi connectivity index (χ3v) is 8.81. The van der Waals surface area contributed by atoms with E-state index in [9.17, 15) is 9.59 Å². The molecule has 10 nitrogen and oxygen atoms in total. The lowest BCUT2D eigenvalue weighted by Crippen LogP contribution is -2.34. The third-order valence-electron chi connectivity index (χ3n) is 7.94. The first-order chi connectivity index (χ1) is 21.6. The molecule has 0 spiro atoms. The van der Waals surface area contributed by atoms with Crippen LogP contribution in [-0.4, -0.2) is 39.6 Å². The summed E-state index contributed by atoms with van der Waals surface area (Å²) in [7, 11) is 3.37. The fraction of sp³-hybridized carbons (Fsp3) is 0.353. The van der Waals surface area contributed by atoms with Crippen molar-refractivity contribution in [2.24, 2.45) is 0 Å². The molecule has 0 unspecified atom stereocenters. The SMILES string of the molecule is CCCCc1nc(C)c(CC(=O)N(C)C)c(=O)n1Cc1ccc(-c2ccccc2SNc2noc(C)c2C)c2c1C=C(C)OO2. The van der Waals surface area contributed by atoms with Crippen molar-refractivity contribution in [1.29, 1.82) is 0 Å². The van der Waals surface area contributed by atoms with Crippen molar-refractivity contribution in [3.8, 4) is 16.9 Å². The molecule has 0 saturated heterocycles. The Kier molecular flexibility index (Phi) is 9.67. The lowest BCUT2D eigenvalue weighted by molar-refractivity contribution is -0.167. The van der Waals surface area contributed by atoms with Crippen molar-refractivity contribution in [3.05, 3.63) is 92.0 Å². The standard InChI is InChI=1S/C34H39N5O5S/c1-8-9-14-30-35-22(4)27(18-31(40)38(6)7)34(41)39(30)19-24-15-16-26(32-28(24)17-20(2)43-44-32)25-12-10-11-13-29(25)45-37-33-21(3)23(5)42-36-33/h10-13,15-17H,8-9,14,18-19H2,1-7H3,(H,36,37). The third kappa shape index (κ3) is 6.78. The highest BCUT2D eigenvalue weighted by molar-refractivity contribution is 8.00. The summed E-state index contributed by atoms with van der Waals surface area (Å²) in [5, 5.41) is 4.12. The molecule has 2 aromatic carbocycles. The van der Waals surface area contributed by atoms with Gasteiger partial charge >= 0.3 is 0 Å². The molecular formula is C34H39N5O5S. The van der Waals surface area contributed by atoms with Crippen molar-refractivity contribution >= 4 is 29.7 Å². The molecule has 4 aromatic rings. The first-order valence-corrected chi connectivity index (χ1v) is 15.8. The predicted molar refractivity (Wildman–Crippen MR) is 176 cm³/mol. The van der Waals surface area contributed by atoms with E-state index in [1.165, 1.54) is 16.8 Å². The quantitative estimate of drug-likeness (QED) is 0.144. The zero-order chi connectivity index (χ0) is 32.2. The second kappa shape index (κ2) is 13.6. The fourth-order valence-corrected chi connectivity index (χ4v) is 5.93. The smallest absolute Gasteiger partial charge is 0.257 e. The van der Waals surface area contributed by atoms with Crippen LogP contribution in [0.4, 0.5) is 5.82 Å². The number of amides is 1. The lowest BCUT2D eigenvalue weighted by atomic mass is 9.96. The van der Waals surface area contributed by atoms with Crippen molar-refractivity contribution in [1.82, 2.24) is 19.6 Å². The minimum atomic E-state index is -0.193.